The minimum atomic E-state index is 0.0516. The van der Waals surface area contributed by atoms with Crippen LogP contribution in [-0.4, -0.2) is 44.0 Å². The average Bonchev–Trinajstić information content (AvgIpc) is 2.10. The van der Waals surface area contributed by atoms with E-state index in [1.54, 1.807) is 7.11 Å². The number of ether oxygens (including phenoxy) is 3. The Morgan fingerprint density at radius 3 is 2.57 bits per heavy atom. The zero-order valence-corrected chi connectivity index (χ0v) is 9.79. The zero-order valence-electron chi connectivity index (χ0n) is 9.03. The minimum absolute atomic E-state index is 0.0516. The molecule has 0 heterocycles. The Hall–Kier alpha value is 0.170. The third kappa shape index (κ3) is 3.39. The highest BCUT2D eigenvalue weighted by Gasteiger charge is 2.40. The molecule has 1 rings (SSSR count). The minimum Gasteiger partial charge on any atom is -0.377 e. The van der Waals surface area contributed by atoms with Crippen molar-refractivity contribution < 1.29 is 14.2 Å². The molecule has 0 bridgehead atoms. The monoisotopic (exact) mass is 222 g/mol. The average molecular weight is 223 g/mol. The molecular weight excluding hydrogens is 204 g/mol. The van der Waals surface area contributed by atoms with Crippen LogP contribution in [0.25, 0.3) is 0 Å². The second-order valence-corrected chi connectivity index (χ2v) is 4.34. The molecule has 0 amide bonds. The highest BCUT2D eigenvalue weighted by Crippen LogP contribution is 2.31. The fourth-order valence-corrected chi connectivity index (χ4v) is 1.91. The van der Waals surface area contributed by atoms with Crippen LogP contribution in [0.5, 0.6) is 0 Å². The van der Waals surface area contributed by atoms with Crippen LogP contribution in [0.15, 0.2) is 0 Å². The van der Waals surface area contributed by atoms with E-state index in [0.717, 1.165) is 6.42 Å². The lowest BCUT2D eigenvalue weighted by atomic mass is 9.91. The molecule has 3 nitrogen and oxygen atoms in total. The van der Waals surface area contributed by atoms with Gasteiger partial charge in [-0.2, -0.15) is 0 Å². The molecule has 0 aliphatic heterocycles. The highest BCUT2D eigenvalue weighted by molar-refractivity contribution is 6.21. The number of hydrogen-bond donors (Lipinski definition) is 0. The summed E-state index contributed by atoms with van der Waals surface area (Å²) in [5, 5.41) is 0.107. The number of alkyl halides is 1. The lowest BCUT2D eigenvalue weighted by molar-refractivity contribution is -0.121. The van der Waals surface area contributed by atoms with Gasteiger partial charge in [0.15, 0.2) is 0 Å². The molecular formula is C10H19ClO3. The van der Waals surface area contributed by atoms with E-state index in [0.29, 0.717) is 13.2 Å². The molecule has 1 saturated carbocycles. The fourth-order valence-electron chi connectivity index (χ4n) is 1.47. The summed E-state index contributed by atoms with van der Waals surface area (Å²) >= 11 is 5.94. The van der Waals surface area contributed by atoms with E-state index in [4.69, 9.17) is 25.8 Å². The summed E-state index contributed by atoms with van der Waals surface area (Å²) in [6.45, 7) is 5.27. The van der Waals surface area contributed by atoms with Crippen molar-refractivity contribution in [1.82, 2.24) is 0 Å². The van der Waals surface area contributed by atoms with Gasteiger partial charge in [0.2, 0.25) is 0 Å². The van der Waals surface area contributed by atoms with Gasteiger partial charge in [-0.3, -0.25) is 0 Å². The van der Waals surface area contributed by atoms with E-state index in [1.165, 1.54) is 0 Å². The van der Waals surface area contributed by atoms with Crippen molar-refractivity contribution in [3.63, 3.8) is 0 Å². The molecule has 3 atom stereocenters. The molecule has 1 fully saturated rings. The Morgan fingerprint density at radius 1 is 1.36 bits per heavy atom. The van der Waals surface area contributed by atoms with Crippen LogP contribution >= 0.6 is 11.6 Å². The molecule has 0 aromatic rings. The molecule has 0 radical (unpaired) electrons. The first-order chi connectivity index (χ1) is 6.65. The van der Waals surface area contributed by atoms with Crippen molar-refractivity contribution in [2.24, 2.45) is 0 Å². The summed E-state index contributed by atoms with van der Waals surface area (Å²) in [5.41, 5.74) is 0. The molecule has 0 aromatic heterocycles. The van der Waals surface area contributed by atoms with Crippen LogP contribution in [0, 0.1) is 0 Å². The van der Waals surface area contributed by atoms with Gasteiger partial charge in [0, 0.05) is 7.11 Å². The molecule has 4 heteroatoms. The summed E-state index contributed by atoms with van der Waals surface area (Å²) < 4.78 is 16.1. The van der Waals surface area contributed by atoms with E-state index in [2.05, 4.69) is 0 Å². The predicted octanol–water partition coefficient (Wildman–Crippen LogP) is 1.82. The van der Waals surface area contributed by atoms with E-state index in [1.807, 2.05) is 13.8 Å². The van der Waals surface area contributed by atoms with Gasteiger partial charge in [0.05, 0.1) is 36.9 Å². The second-order valence-electron chi connectivity index (χ2n) is 3.78. The van der Waals surface area contributed by atoms with Gasteiger partial charge >= 0.3 is 0 Å². The van der Waals surface area contributed by atoms with Crippen LogP contribution < -0.4 is 0 Å². The SMILES string of the molecule is COC1C(Cl)CC1OCCOC(C)C. The molecule has 3 unspecified atom stereocenters. The summed E-state index contributed by atoms with van der Waals surface area (Å²) in [5.74, 6) is 0. The summed E-state index contributed by atoms with van der Waals surface area (Å²) in [6, 6.07) is 0. The van der Waals surface area contributed by atoms with Crippen molar-refractivity contribution in [3.05, 3.63) is 0 Å². The Balaban J connectivity index is 2.02. The number of rotatable bonds is 6. The first-order valence-corrected chi connectivity index (χ1v) is 5.49. The van der Waals surface area contributed by atoms with E-state index < -0.39 is 0 Å². The summed E-state index contributed by atoms with van der Waals surface area (Å²) in [7, 11) is 1.67. The van der Waals surface area contributed by atoms with Gasteiger partial charge in [-0.05, 0) is 20.3 Å². The third-order valence-corrected chi connectivity index (χ3v) is 2.75. The van der Waals surface area contributed by atoms with Crippen molar-refractivity contribution >= 4 is 11.6 Å². The standard InChI is InChI=1S/C10H19ClO3/c1-7(2)13-4-5-14-9-6-8(11)10(9)12-3/h7-10H,4-6H2,1-3H3. The van der Waals surface area contributed by atoms with Crippen LogP contribution in [0.2, 0.25) is 0 Å². The first kappa shape index (κ1) is 12.2. The molecule has 0 N–H and O–H groups in total. The maximum absolute atomic E-state index is 5.94. The maximum Gasteiger partial charge on any atom is 0.0997 e. The number of halogens is 1. The topological polar surface area (TPSA) is 27.7 Å². The summed E-state index contributed by atoms with van der Waals surface area (Å²) in [6.07, 6.45) is 1.34. The van der Waals surface area contributed by atoms with E-state index >= 15 is 0 Å². The van der Waals surface area contributed by atoms with Crippen LogP contribution in [-0.2, 0) is 14.2 Å². The molecule has 14 heavy (non-hydrogen) atoms. The van der Waals surface area contributed by atoms with Gasteiger partial charge in [0.25, 0.3) is 0 Å². The molecule has 1 aliphatic carbocycles. The number of methoxy groups -OCH3 is 1. The van der Waals surface area contributed by atoms with Gasteiger partial charge in [-0.1, -0.05) is 0 Å². The smallest absolute Gasteiger partial charge is 0.0997 e. The van der Waals surface area contributed by atoms with Crippen molar-refractivity contribution in [2.75, 3.05) is 20.3 Å². The van der Waals surface area contributed by atoms with E-state index in [9.17, 15) is 0 Å². The van der Waals surface area contributed by atoms with Gasteiger partial charge in [-0.25, -0.2) is 0 Å². The number of hydrogen-bond acceptors (Lipinski definition) is 3. The Bertz CT molecular complexity index is 163. The zero-order chi connectivity index (χ0) is 10.6. The van der Waals surface area contributed by atoms with Gasteiger partial charge in [0.1, 0.15) is 0 Å². The van der Waals surface area contributed by atoms with Crippen molar-refractivity contribution in [3.8, 4) is 0 Å². The lowest BCUT2D eigenvalue weighted by Gasteiger charge is -2.39. The van der Waals surface area contributed by atoms with Crippen molar-refractivity contribution in [2.45, 2.75) is 44.0 Å². The van der Waals surface area contributed by atoms with E-state index in [-0.39, 0.29) is 23.7 Å². The normalized spacial score (nSPS) is 31.9. The Labute approximate surface area is 90.7 Å². The quantitative estimate of drug-likeness (QED) is 0.507. The Morgan fingerprint density at radius 2 is 2.07 bits per heavy atom. The first-order valence-electron chi connectivity index (χ1n) is 5.05. The van der Waals surface area contributed by atoms with Gasteiger partial charge in [-0.15, -0.1) is 11.6 Å². The molecule has 1 aliphatic rings. The fraction of sp³-hybridized carbons (Fsp3) is 1.00. The second kappa shape index (κ2) is 5.91. The predicted molar refractivity (Wildman–Crippen MR) is 55.9 cm³/mol. The van der Waals surface area contributed by atoms with Crippen LogP contribution in [0.3, 0.4) is 0 Å². The van der Waals surface area contributed by atoms with Crippen molar-refractivity contribution in [1.29, 1.82) is 0 Å². The summed E-state index contributed by atoms with van der Waals surface area (Å²) in [4.78, 5) is 0. The largest absolute Gasteiger partial charge is 0.377 e. The molecule has 84 valence electrons. The maximum atomic E-state index is 5.94. The highest BCUT2D eigenvalue weighted by atomic mass is 35.5. The lowest BCUT2D eigenvalue weighted by Crippen LogP contribution is -2.50. The molecule has 0 aromatic carbocycles. The third-order valence-electron chi connectivity index (χ3n) is 2.32. The molecule has 0 saturated heterocycles. The molecule has 0 spiro atoms. The van der Waals surface area contributed by atoms with Crippen LogP contribution in [0.4, 0.5) is 0 Å². The van der Waals surface area contributed by atoms with Crippen LogP contribution in [0.1, 0.15) is 20.3 Å². The van der Waals surface area contributed by atoms with Gasteiger partial charge < -0.3 is 14.2 Å². The Kier molecular flexibility index (Phi) is 5.17.